The molecule has 0 aliphatic rings. The molecule has 0 radical (unpaired) electrons. The molecule has 0 aromatic carbocycles. The monoisotopic (exact) mass is 243 g/mol. The normalized spacial score (nSPS) is 10.2. The molecule has 0 atom stereocenters. The summed E-state index contributed by atoms with van der Waals surface area (Å²) in [5.41, 5.74) is 0.971. The van der Waals surface area contributed by atoms with Crippen LogP contribution in [0.5, 0.6) is 0 Å². The third kappa shape index (κ3) is 4.16. The van der Waals surface area contributed by atoms with Gasteiger partial charge in [-0.2, -0.15) is 0 Å². The van der Waals surface area contributed by atoms with Crippen molar-refractivity contribution < 1.29 is 9.90 Å². The van der Waals surface area contributed by atoms with Gasteiger partial charge in [-0.05, 0) is 20.3 Å². The Kier molecular flexibility index (Phi) is 5.21. The number of hydrogen-bond donors (Lipinski definition) is 3. The van der Waals surface area contributed by atoms with Crippen LogP contribution in [0.25, 0.3) is 0 Å². The fourth-order valence-corrected chi connectivity index (χ4v) is 2.12. The van der Waals surface area contributed by atoms with E-state index in [-0.39, 0.29) is 12.6 Å². The average molecular weight is 243 g/mol. The average Bonchev–Trinajstić information content (AvgIpc) is 2.55. The highest BCUT2D eigenvalue weighted by Crippen LogP contribution is 2.16. The first kappa shape index (κ1) is 12.9. The Bertz CT molecular complexity index is 352. The number of aliphatic hydroxyl groups is 1. The van der Waals surface area contributed by atoms with Crippen molar-refractivity contribution in [2.75, 3.05) is 13.2 Å². The predicted octanol–water partition coefficient (Wildman–Crippen LogP) is 0.942. The van der Waals surface area contributed by atoms with E-state index >= 15 is 0 Å². The molecule has 5 nitrogen and oxygen atoms in total. The highest BCUT2D eigenvalue weighted by Gasteiger charge is 2.06. The Labute approximate surface area is 98.9 Å². The van der Waals surface area contributed by atoms with E-state index in [2.05, 4.69) is 15.6 Å². The third-order valence-electron chi connectivity index (χ3n) is 2.03. The lowest BCUT2D eigenvalue weighted by Crippen LogP contribution is -2.35. The van der Waals surface area contributed by atoms with Gasteiger partial charge in [0.25, 0.3) is 0 Å². The molecule has 1 aromatic heterocycles. The lowest BCUT2D eigenvalue weighted by atomic mass is 10.4. The molecular formula is C10H17N3O2S. The molecule has 3 N–H and O–H groups in total. The Morgan fingerprint density at radius 3 is 2.75 bits per heavy atom. The maximum absolute atomic E-state index is 11.3. The summed E-state index contributed by atoms with van der Waals surface area (Å²) in [6, 6.07) is -0.209. The van der Waals surface area contributed by atoms with Crippen molar-refractivity contribution in [2.45, 2.75) is 26.8 Å². The van der Waals surface area contributed by atoms with Crippen molar-refractivity contribution in [3.63, 3.8) is 0 Å². The summed E-state index contributed by atoms with van der Waals surface area (Å²) in [7, 11) is 0. The fourth-order valence-electron chi connectivity index (χ4n) is 1.24. The first-order valence-corrected chi connectivity index (χ1v) is 6.00. The minimum Gasteiger partial charge on any atom is -0.396 e. The van der Waals surface area contributed by atoms with Crippen LogP contribution in [0.15, 0.2) is 0 Å². The maximum atomic E-state index is 11.3. The van der Waals surface area contributed by atoms with E-state index in [4.69, 9.17) is 5.11 Å². The summed E-state index contributed by atoms with van der Waals surface area (Å²) in [5.74, 6) is 0. The molecule has 0 saturated carbocycles. The van der Waals surface area contributed by atoms with Crippen molar-refractivity contribution in [1.29, 1.82) is 0 Å². The topological polar surface area (TPSA) is 74.2 Å². The Balaban J connectivity index is 2.29. The van der Waals surface area contributed by atoms with Gasteiger partial charge in [0.15, 0.2) is 0 Å². The molecule has 2 amide bonds. The highest BCUT2D eigenvalue weighted by molar-refractivity contribution is 7.11. The Morgan fingerprint density at radius 2 is 2.19 bits per heavy atom. The molecule has 0 aliphatic carbocycles. The zero-order chi connectivity index (χ0) is 12.0. The molecule has 0 spiro atoms. The number of aliphatic hydroxyl groups excluding tert-OH is 1. The molecule has 0 unspecified atom stereocenters. The van der Waals surface area contributed by atoms with Gasteiger partial charge >= 0.3 is 6.03 Å². The van der Waals surface area contributed by atoms with Crippen molar-refractivity contribution in [3.05, 3.63) is 15.6 Å². The van der Waals surface area contributed by atoms with Crippen LogP contribution >= 0.6 is 11.3 Å². The molecule has 1 rings (SSSR count). The van der Waals surface area contributed by atoms with E-state index < -0.39 is 0 Å². The van der Waals surface area contributed by atoms with Gasteiger partial charge in [-0.25, -0.2) is 9.78 Å². The lowest BCUT2D eigenvalue weighted by Gasteiger charge is -2.05. The number of nitrogens with zero attached hydrogens (tertiary/aromatic N) is 1. The molecule has 0 bridgehead atoms. The van der Waals surface area contributed by atoms with Gasteiger partial charge in [-0.15, -0.1) is 11.3 Å². The number of hydrogen-bond acceptors (Lipinski definition) is 4. The number of thiazole rings is 1. The van der Waals surface area contributed by atoms with Gasteiger partial charge in [0.2, 0.25) is 0 Å². The summed E-state index contributed by atoms with van der Waals surface area (Å²) in [5, 5.41) is 15.0. The molecule has 1 heterocycles. The van der Waals surface area contributed by atoms with Gasteiger partial charge in [0.1, 0.15) is 0 Å². The molecule has 0 fully saturated rings. The van der Waals surface area contributed by atoms with Crippen molar-refractivity contribution >= 4 is 17.4 Å². The van der Waals surface area contributed by atoms with Crippen molar-refractivity contribution in [3.8, 4) is 0 Å². The van der Waals surface area contributed by atoms with Gasteiger partial charge in [-0.1, -0.05) is 0 Å². The number of nitrogens with one attached hydrogen (secondary N) is 2. The molecule has 0 saturated heterocycles. The third-order valence-corrected chi connectivity index (χ3v) is 3.10. The second-order valence-electron chi connectivity index (χ2n) is 3.43. The summed E-state index contributed by atoms with van der Waals surface area (Å²) >= 11 is 1.59. The standard InChI is InChI=1S/C10H17N3O2S/c1-7-9(16-8(2)13-7)6-12-10(15)11-4-3-5-14/h14H,3-6H2,1-2H3,(H2,11,12,15). The zero-order valence-corrected chi connectivity index (χ0v) is 10.4. The zero-order valence-electron chi connectivity index (χ0n) is 9.54. The first-order chi connectivity index (χ1) is 7.63. The number of aromatic nitrogens is 1. The van der Waals surface area contributed by atoms with Crippen LogP contribution < -0.4 is 10.6 Å². The molecule has 90 valence electrons. The van der Waals surface area contributed by atoms with Crippen molar-refractivity contribution in [1.82, 2.24) is 15.6 Å². The largest absolute Gasteiger partial charge is 0.396 e. The molecule has 0 aliphatic heterocycles. The predicted molar refractivity (Wildman–Crippen MR) is 63.5 cm³/mol. The summed E-state index contributed by atoms with van der Waals surface area (Å²) < 4.78 is 0. The number of carbonyl (C=O) groups is 1. The summed E-state index contributed by atoms with van der Waals surface area (Å²) in [6.45, 7) is 4.96. The molecular weight excluding hydrogens is 226 g/mol. The number of carbonyl (C=O) groups excluding carboxylic acids is 1. The fraction of sp³-hybridized carbons (Fsp3) is 0.600. The minimum absolute atomic E-state index is 0.0907. The van der Waals surface area contributed by atoms with Crippen LogP contribution in [0.4, 0.5) is 4.79 Å². The summed E-state index contributed by atoms with van der Waals surface area (Å²) in [6.07, 6.45) is 0.576. The lowest BCUT2D eigenvalue weighted by molar-refractivity contribution is 0.238. The van der Waals surface area contributed by atoms with Crippen molar-refractivity contribution in [2.24, 2.45) is 0 Å². The maximum Gasteiger partial charge on any atom is 0.315 e. The van der Waals surface area contributed by atoms with Crippen LogP contribution in [-0.2, 0) is 6.54 Å². The first-order valence-electron chi connectivity index (χ1n) is 5.19. The second kappa shape index (κ2) is 6.44. The molecule has 1 aromatic rings. The van der Waals surface area contributed by atoms with Crippen LogP contribution in [0.1, 0.15) is 22.0 Å². The summed E-state index contributed by atoms with van der Waals surface area (Å²) in [4.78, 5) is 16.6. The van der Waals surface area contributed by atoms with Crippen LogP contribution in [0, 0.1) is 13.8 Å². The van der Waals surface area contributed by atoms with Crippen LogP contribution in [-0.4, -0.2) is 29.3 Å². The number of aryl methyl sites for hydroxylation is 2. The van der Waals surface area contributed by atoms with Crippen LogP contribution in [0.2, 0.25) is 0 Å². The minimum atomic E-state index is -0.209. The SMILES string of the molecule is Cc1nc(C)c(CNC(=O)NCCCO)s1. The van der Waals surface area contributed by atoms with Gasteiger partial charge in [0.05, 0.1) is 17.2 Å². The van der Waals surface area contributed by atoms with Gasteiger partial charge in [0, 0.05) is 18.0 Å². The number of urea groups is 1. The van der Waals surface area contributed by atoms with E-state index in [0.717, 1.165) is 15.6 Å². The van der Waals surface area contributed by atoms with E-state index in [9.17, 15) is 4.79 Å². The quantitative estimate of drug-likeness (QED) is 0.674. The van der Waals surface area contributed by atoms with E-state index in [1.54, 1.807) is 11.3 Å². The highest BCUT2D eigenvalue weighted by atomic mass is 32.1. The van der Waals surface area contributed by atoms with E-state index in [0.29, 0.717) is 19.5 Å². The smallest absolute Gasteiger partial charge is 0.315 e. The molecule has 6 heteroatoms. The second-order valence-corrected chi connectivity index (χ2v) is 4.72. The van der Waals surface area contributed by atoms with Crippen LogP contribution in [0.3, 0.4) is 0 Å². The van der Waals surface area contributed by atoms with Gasteiger partial charge < -0.3 is 15.7 Å². The Hall–Kier alpha value is -1.14. The van der Waals surface area contributed by atoms with E-state index in [1.807, 2.05) is 13.8 Å². The number of amides is 2. The van der Waals surface area contributed by atoms with Gasteiger partial charge in [-0.3, -0.25) is 0 Å². The Morgan fingerprint density at radius 1 is 1.44 bits per heavy atom. The molecule has 16 heavy (non-hydrogen) atoms. The number of rotatable bonds is 5. The van der Waals surface area contributed by atoms with E-state index in [1.165, 1.54) is 0 Å².